The Morgan fingerprint density at radius 2 is 1.83 bits per heavy atom. The van der Waals surface area contributed by atoms with Crippen molar-refractivity contribution < 1.29 is 9.53 Å². The lowest BCUT2D eigenvalue weighted by Crippen LogP contribution is -2.45. The van der Waals surface area contributed by atoms with E-state index in [1.807, 2.05) is 61.5 Å². The lowest BCUT2D eigenvalue weighted by molar-refractivity contribution is -0.113. The third-order valence-electron chi connectivity index (χ3n) is 4.78. The van der Waals surface area contributed by atoms with Gasteiger partial charge >= 0.3 is 0 Å². The third kappa shape index (κ3) is 5.57. The highest BCUT2D eigenvalue weighted by Crippen LogP contribution is 2.29. The fraction of sp³-hybridized carbons (Fsp3) is 0.304. The fourth-order valence-electron chi connectivity index (χ4n) is 3.26. The number of carbonyl (C=O) groups excluding carboxylic acids is 1. The minimum absolute atomic E-state index is 0.166. The molecule has 1 amide bonds. The molecular weight excluding hydrogens is 382 g/mol. The lowest BCUT2D eigenvalue weighted by atomic mass is 9.95. The van der Waals surface area contributed by atoms with Gasteiger partial charge in [0.25, 0.3) is 5.91 Å². The van der Waals surface area contributed by atoms with Crippen molar-refractivity contribution in [1.82, 2.24) is 10.6 Å². The molecule has 6 heteroatoms. The number of allylic oxidation sites excluding steroid dienone is 1. The average molecular weight is 410 g/mol. The zero-order valence-corrected chi connectivity index (χ0v) is 17.6. The summed E-state index contributed by atoms with van der Waals surface area (Å²) in [5, 5.41) is 9.75. The highest BCUT2D eigenvalue weighted by atomic mass is 32.1. The summed E-state index contributed by atoms with van der Waals surface area (Å²) >= 11 is 5.32. The summed E-state index contributed by atoms with van der Waals surface area (Å²) in [5.74, 6) is 0.665. The van der Waals surface area contributed by atoms with E-state index in [0.29, 0.717) is 17.3 Å². The molecular formula is C23H27N3O2S. The van der Waals surface area contributed by atoms with Gasteiger partial charge in [-0.05, 0) is 55.4 Å². The van der Waals surface area contributed by atoms with Crippen LogP contribution in [-0.2, 0) is 4.79 Å². The van der Waals surface area contributed by atoms with Crippen molar-refractivity contribution in [2.24, 2.45) is 0 Å². The van der Waals surface area contributed by atoms with Gasteiger partial charge in [-0.15, -0.1) is 0 Å². The van der Waals surface area contributed by atoms with E-state index < -0.39 is 0 Å². The predicted octanol–water partition coefficient (Wildman–Crippen LogP) is 4.69. The maximum Gasteiger partial charge on any atom is 0.255 e. The van der Waals surface area contributed by atoms with Crippen LogP contribution in [0.5, 0.6) is 5.75 Å². The molecule has 1 aliphatic rings. The van der Waals surface area contributed by atoms with Gasteiger partial charge in [-0.3, -0.25) is 4.79 Å². The maximum atomic E-state index is 13.0. The van der Waals surface area contributed by atoms with Gasteiger partial charge in [0.05, 0.1) is 18.2 Å². The van der Waals surface area contributed by atoms with E-state index in [-0.39, 0.29) is 11.9 Å². The molecule has 0 radical (unpaired) electrons. The maximum absolute atomic E-state index is 13.0. The van der Waals surface area contributed by atoms with E-state index in [1.165, 1.54) is 12.8 Å². The van der Waals surface area contributed by atoms with Crippen LogP contribution < -0.4 is 20.7 Å². The smallest absolute Gasteiger partial charge is 0.255 e. The summed E-state index contributed by atoms with van der Waals surface area (Å²) in [4.78, 5) is 13.0. The first kappa shape index (κ1) is 20.9. The quantitative estimate of drug-likeness (QED) is 0.436. The summed E-state index contributed by atoms with van der Waals surface area (Å²) in [6, 6.07) is 16.9. The third-order valence-corrected chi connectivity index (χ3v) is 5.00. The zero-order chi connectivity index (χ0) is 20.6. The number of rotatable bonds is 8. The Balaban J connectivity index is 1.77. The van der Waals surface area contributed by atoms with Crippen molar-refractivity contribution >= 4 is 28.9 Å². The molecule has 1 unspecified atom stereocenters. The minimum atomic E-state index is -0.332. The van der Waals surface area contributed by atoms with Crippen LogP contribution in [0.15, 0.2) is 65.9 Å². The fourth-order valence-corrected chi connectivity index (χ4v) is 3.53. The molecule has 2 aromatic carbocycles. The van der Waals surface area contributed by atoms with Crippen molar-refractivity contribution in [3.8, 4) is 5.75 Å². The Hall–Kier alpha value is -2.86. The van der Waals surface area contributed by atoms with Gasteiger partial charge in [0.15, 0.2) is 5.11 Å². The van der Waals surface area contributed by atoms with Crippen molar-refractivity contribution in [2.75, 3.05) is 11.9 Å². The molecule has 2 aromatic rings. The number of hydrogen-bond donors (Lipinski definition) is 3. The zero-order valence-electron chi connectivity index (χ0n) is 16.8. The highest BCUT2D eigenvalue weighted by Gasteiger charge is 2.29. The number of hydrogen-bond acceptors (Lipinski definition) is 3. The van der Waals surface area contributed by atoms with Gasteiger partial charge in [-0.25, -0.2) is 0 Å². The first-order valence-corrected chi connectivity index (χ1v) is 10.4. The molecule has 1 atom stereocenters. The molecule has 3 N–H and O–H groups in total. The van der Waals surface area contributed by atoms with Crippen molar-refractivity contribution in [1.29, 1.82) is 0 Å². The summed E-state index contributed by atoms with van der Waals surface area (Å²) < 4.78 is 5.80. The number of amides is 1. The van der Waals surface area contributed by atoms with Crippen LogP contribution in [-0.4, -0.2) is 17.6 Å². The molecule has 29 heavy (non-hydrogen) atoms. The highest BCUT2D eigenvalue weighted by molar-refractivity contribution is 7.80. The number of anilines is 1. The summed E-state index contributed by atoms with van der Waals surface area (Å²) in [7, 11) is 0. The number of thiocarbonyl (C=S) groups is 1. The Morgan fingerprint density at radius 1 is 1.10 bits per heavy atom. The van der Waals surface area contributed by atoms with Gasteiger partial charge in [-0.1, -0.05) is 50.1 Å². The van der Waals surface area contributed by atoms with Crippen molar-refractivity contribution in [3.63, 3.8) is 0 Å². The Bertz CT molecular complexity index is 879. The monoisotopic (exact) mass is 409 g/mol. The second kappa shape index (κ2) is 10.1. The van der Waals surface area contributed by atoms with Gasteiger partial charge in [0.1, 0.15) is 5.75 Å². The average Bonchev–Trinajstić information content (AvgIpc) is 2.72. The van der Waals surface area contributed by atoms with E-state index in [0.717, 1.165) is 29.1 Å². The van der Waals surface area contributed by atoms with Gasteiger partial charge in [-0.2, -0.15) is 0 Å². The Labute approximate surface area is 177 Å². The van der Waals surface area contributed by atoms with Crippen LogP contribution in [0.3, 0.4) is 0 Å². The number of carbonyl (C=O) groups is 1. The van der Waals surface area contributed by atoms with Crippen LogP contribution in [0.25, 0.3) is 0 Å². The van der Waals surface area contributed by atoms with E-state index >= 15 is 0 Å². The molecule has 0 spiro atoms. The molecule has 3 rings (SSSR count). The standard InChI is InChI=1S/C23H27N3O2S/c1-3-4-8-15-28-19-13-11-17(12-14-19)21-20(16(2)24-23(29)26-21)22(27)25-18-9-6-5-7-10-18/h5-7,9-14,21H,3-4,8,15H2,1-2H3,(H,25,27)(H2,24,26,29). The summed E-state index contributed by atoms with van der Waals surface area (Å²) in [5.41, 5.74) is 3.05. The minimum Gasteiger partial charge on any atom is -0.494 e. The largest absolute Gasteiger partial charge is 0.494 e. The molecule has 0 fully saturated rings. The Morgan fingerprint density at radius 3 is 2.52 bits per heavy atom. The molecule has 1 heterocycles. The number of para-hydroxylation sites is 1. The first-order valence-electron chi connectivity index (χ1n) is 9.96. The van der Waals surface area contributed by atoms with Crippen LogP contribution in [0, 0.1) is 0 Å². The van der Waals surface area contributed by atoms with E-state index in [9.17, 15) is 4.79 Å². The van der Waals surface area contributed by atoms with Crippen molar-refractivity contribution in [2.45, 2.75) is 39.2 Å². The number of nitrogens with one attached hydrogen (secondary N) is 3. The molecule has 0 aliphatic carbocycles. The number of ether oxygens (including phenoxy) is 1. The first-order chi connectivity index (χ1) is 14.1. The molecule has 0 bridgehead atoms. The molecule has 152 valence electrons. The molecule has 1 aliphatic heterocycles. The Kier molecular flexibility index (Phi) is 7.25. The topological polar surface area (TPSA) is 62.4 Å². The lowest BCUT2D eigenvalue weighted by Gasteiger charge is -2.30. The van der Waals surface area contributed by atoms with Crippen LogP contribution in [0.4, 0.5) is 5.69 Å². The predicted molar refractivity (Wildman–Crippen MR) is 121 cm³/mol. The second-order valence-electron chi connectivity index (χ2n) is 7.01. The summed E-state index contributed by atoms with van der Waals surface area (Å²) in [6.07, 6.45) is 3.38. The van der Waals surface area contributed by atoms with Gasteiger partial charge < -0.3 is 20.7 Å². The molecule has 5 nitrogen and oxygen atoms in total. The molecule has 0 aromatic heterocycles. The molecule has 0 saturated carbocycles. The normalized spacial score (nSPS) is 16.1. The van der Waals surface area contributed by atoms with Crippen molar-refractivity contribution in [3.05, 3.63) is 71.4 Å². The number of unbranched alkanes of at least 4 members (excludes halogenated alkanes) is 2. The van der Waals surface area contributed by atoms with Crippen LogP contribution in [0.1, 0.15) is 44.7 Å². The second-order valence-corrected chi connectivity index (χ2v) is 7.42. The van der Waals surface area contributed by atoms with Crippen LogP contribution >= 0.6 is 12.2 Å². The summed E-state index contributed by atoms with van der Waals surface area (Å²) in [6.45, 7) is 4.75. The van der Waals surface area contributed by atoms with E-state index in [1.54, 1.807) is 0 Å². The van der Waals surface area contributed by atoms with E-state index in [2.05, 4.69) is 22.9 Å². The SMILES string of the molecule is CCCCCOc1ccc(C2NC(=S)NC(C)=C2C(=O)Nc2ccccc2)cc1. The van der Waals surface area contributed by atoms with Crippen LogP contribution in [0.2, 0.25) is 0 Å². The van der Waals surface area contributed by atoms with Gasteiger partial charge in [0.2, 0.25) is 0 Å². The van der Waals surface area contributed by atoms with E-state index in [4.69, 9.17) is 17.0 Å². The van der Waals surface area contributed by atoms with Gasteiger partial charge in [0, 0.05) is 11.4 Å². The molecule has 0 saturated heterocycles. The number of benzene rings is 2.